The maximum atomic E-state index is 11.8. The first-order chi connectivity index (χ1) is 20.2. The number of amides is 2. The van der Waals surface area contributed by atoms with Gasteiger partial charge < -0.3 is 30.3 Å². The molecule has 0 aliphatic carbocycles. The lowest BCUT2D eigenvalue weighted by Gasteiger charge is -2.07. The van der Waals surface area contributed by atoms with E-state index in [1.165, 1.54) is 38.7 Å². The number of hydrogen-bond acceptors (Lipinski definition) is 12. The minimum absolute atomic E-state index is 0.161. The van der Waals surface area contributed by atoms with Crippen molar-refractivity contribution in [1.82, 2.24) is 30.6 Å². The van der Waals surface area contributed by atoms with E-state index in [9.17, 15) is 29.4 Å². The van der Waals surface area contributed by atoms with Crippen molar-refractivity contribution in [2.45, 2.75) is 0 Å². The molecule has 4 aromatic rings. The first-order valence-corrected chi connectivity index (χ1v) is 12.1. The fourth-order valence-electron chi connectivity index (χ4n) is 3.24. The van der Waals surface area contributed by atoms with Crippen LogP contribution in [0, 0.1) is 0 Å². The highest BCUT2D eigenvalue weighted by molar-refractivity contribution is 5.97. The number of rotatable bonds is 8. The van der Waals surface area contributed by atoms with Crippen LogP contribution in [-0.2, 0) is 19.1 Å². The topological polar surface area (TPSA) is 203 Å². The second-order valence-electron chi connectivity index (χ2n) is 8.16. The van der Waals surface area contributed by atoms with Crippen molar-refractivity contribution in [2.75, 3.05) is 27.3 Å². The molecule has 0 atom stereocenters. The summed E-state index contributed by atoms with van der Waals surface area (Å²) in [6.07, 6.45) is 7.74. The van der Waals surface area contributed by atoms with Crippen molar-refractivity contribution in [3.8, 4) is 33.9 Å². The van der Waals surface area contributed by atoms with Crippen LogP contribution in [0.3, 0.4) is 0 Å². The fraction of sp³-hybridized carbons (Fsp3) is 0.143. The Morgan fingerprint density at radius 3 is 1.74 bits per heavy atom. The zero-order valence-corrected chi connectivity index (χ0v) is 22.5. The van der Waals surface area contributed by atoms with E-state index in [-0.39, 0.29) is 36.0 Å². The average Bonchev–Trinajstić information content (AvgIpc) is 3.03. The summed E-state index contributed by atoms with van der Waals surface area (Å²) >= 11 is 0. The van der Waals surface area contributed by atoms with E-state index in [2.05, 4.69) is 40.0 Å². The van der Waals surface area contributed by atoms with Crippen molar-refractivity contribution in [1.29, 1.82) is 0 Å². The second-order valence-corrected chi connectivity index (χ2v) is 8.16. The molecule has 4 N–H and O–H groups in total. The van der Waals surface area contributed by atoms with Gasteiger partial charge in [-0.1, -0.05) is 12.1 Å². The van der Waals surface area contributed by atoms with Crippen LogP contribution in [-0.4, -0.2) is 81.2 Å². The molecular weight excluding hydrogens is 548 g/mol. The normalized spacial score (nSPS) is 9.95. The molecule has 2 amide bonds. The number of nitrogens with one attached hydrogen (secondary N) is 2. The monoisotopic (exact) mass is 574 g/mol. The highest BCUT2D eigenvalue weighted by atomic mass is 16.5. The Labute approximate surface area is 239 Å². The Kier molecular flexibility index (Phi) is 11.0. The molecule has 0 spiro atoms. The zero-order valence-electron chi connectivity index (χ0n) is 22.5. The Balaban J connectivity index is 0.000000230. The fourth-order valence-corrected chi connectivity index (χ4v) is 3.24. The van der Waals surface area contributed by atoms with Crippen LogP contribution >= 0.6 is 0 Å². The van der Waals surface area contributed by atoms with Gasteiger partial charge in [0.25, 0.3) is 11.8 Å². The Hall–Kier alpha value is -5.92. The van der Waals surface area contributed by atoms with Gasteiger partial charge in [-0.2, -0.15) is 0 Å². The van der Waals surface area contributed by atoms with E-state index in [0.29, 0.717) is 16.8 Å². The number of methoxy groups -OCH3 is 2. The summed E-state index contributed by atoms with van der Waals surface area (Å²) in [5.74, 6) is -3.07. The number of carbonyl (C=O) groups excluding carboxylic acids is 4. The van der Waals surface area contributed by atoms with Crippen molar-refractivity contribution in [2.24, 2.45) is 0 Å². The molecule has 216 valence electrons. The minimum atomic E-state index is -0.662. The molecule has 0 unspecified atom stereocenters. The lowest BCUT2D eigenvalue weighted by molar-refractivity contribution is -0.140. The summed E-state index contributed by atoms with van der Waals surface area (Å²) in [5, 5.41) is 24.4. The molecule has 42 heavy (non-hydrogen) atoms. The number of aromatic hydroxyl groups is 2. The van der Waals surface area contributed by atoms with E-state index in [1.807, 2.05) is 0 Å². The van der Waals surface area contributed by atoms with Gasteiger partial charge in [0.1, 0.15) is 24.6 Å². The molecule has 0 aliphatic rings. The number of nitrogens with zero attached hydrogens (tertiary/aromatic N) is 4. The van der Waals surface area contributed by atoms with Crippen molar-refractivity contribution < 1.29 is 38.9 Å². The molecule has 0 radical (unpaired) electrons. The van der Waals surface area contributed by atoms with Crippen LogP contribution in [0.4, 0.5) is 0 Å². The van der Waals surface area contributed by atoms with E-state index >= 15 is 0 Å². The third-order valence-corrected chi connectivity index (χ3v) is 5.36. The van der Waals surface area contributed by atoms with Crippen molar-refractivity contribution >= 4 is 23.8 Å². The highest BCUT2D eigenvalue weighted by Crippen LogP contribution is 2.24. The van der Waals surface area contributed by atoms with Crippen LogP contribution in [0.25, 0.3) is 22.4 Å². The molecule has 4 heterocycles. The number of esters is 2. The summed E-state index contributed by atoms with van der Waals surface area (Å²) < 4.78 is 8.80. The minimum Gasteiger partial charge on any atom is -0.505 e. The van der Waals surface area contributed by atoms with Gasteiger partial charge in [-0.25, -0.2) is 9.97 Å². The molecule has 0 fully saturated rings. The van der Waals surface area contributed by atoms with E-state index in [0.717, 1.165) is 5.56 Å². The summed E-state index contributed by atoms with van der Waals surface area (Å²) in [4.78, 5) is 61.4. The first kappa shape index (κ1) is 30.6. The Morgan fingerprint density at radius 2 is 1.26 bits per heavy atom. The summed E-state index contributed by atoms with van der Waals surface area (Å²) in [5.41, 5.74) is 2.27. The van der Waals surface area contributed by atoms with Gasteiger partial charge in [0, 0.05) is 47.7 Å². The number of aromatic nitrogens is 4. The van der Waals surface area contributed by atoms with Crippen LogP contribution in [0.5, 0.6) is 11.5 Å². The maximum Gasteiger partial charge on any atom is 0.325 e. The van der Waals surface area contributed by atoms with Gasteiger partial charge >= 0.3 is 11.9 Å². The second kappa shape index (κ2) is 15.0. The van der Waals surface area contributed by atoms with Gasteiger partial charge in [-0.3, -0.25) is 29.1 Å². The SMILES string of the molecule is COC(=O)CNC(=O)c1ncc(-c2ccccn2)cc1O.COC(=O)CNC(=O)c1ncc(-c2cccnc2)cc1O. The predicted molar refractivity (Wildman–Crippen MR) is 147 cm³/mol. The van der Waals surface area contributed by atoms with Gasteiger partial charge in [-0.15, -0.1) is 0 Å². The number of carbonyl (C=O) groups is 4. The number of hydrogen-bond donors (Lipinski definition) is 4. The van der Waals surface area contributed by atoms with Crippen LogP contribution in [0.1, 0.15) is 21.0 Å². The molecule has 0 aromatic carbocycles. The van der Waals surface area contributed by atoms with Crippen molar-refractivity contribution in [3.63, 3.8) is 0 Å². The molecule has 14 nitrogen and oxygen atoms in total. The van der Waals surface area contributed by atoms with E-state index in [4.69, 9.17) is 0 Å². The largest absolute Gasteiger partial charge is 0.505 e. The lowest BCUT2D eigenvalue weighted by atomic mass is 10.1. The summed E-state index contributed by atoms with van der Waals surface area (Å²) in [7, 11) is 2.43. The molecule has 4 aromatic heterocycles. The van der Waals surface area contributed by atoms with Gasteiger partial charge in [0.15, 0.2) is 11.4 Å². The molecule has 0 aliphatic heterocycles. The molecular formula is C28H26N6O8. The van der Waals surface area contributed by atoms with Gasteiger partial charge in [-0.05, 0) is 30.3 Å². The van der Waals surface area contributed by atoms with E-state index < -0.39 is 23.8 Å². The number of pyridine rings is 4. The van der Waals surface area contributed by atoms with Crippen LogP contribution in [0.15, 0.2) is 73.4 Å². The molecule has 0 saturated heterocycles. The quantitative estimate of drug-likeness (QED) is 0.221. The Morgan fingerprint density at radius 1 is 0.690 bits per heavy atom. The third kappa shape index (κ3) is 8.54. The molecule has 4 rings (SSSR count). The molecule has 14 heteroatoms. The van der Waals surface area contributed by atoms with Gasteiger partial charge in [0.05, 0.1) is 19.9 Å². The van der Waals surface area contributed by atoms with E-state index in [1.54, 1.807) is 48.9 Å². The third-order valence-electron chi connectivity index (χ3n) is 5.36. The van der Waals surface area contributed by atoms with Crippen LogP contribution in [0.2, 0.25) is 0 Å². The Bertz CT molecular complexity index is 1430. The zero-order chi connectivity index (χ0) is 30.5. The smallest absolute Gasteiger partial charge is 0.325 e. The summed E-state index contributed by atoms with van der Waals surface area (Å²) in [6, 6.07) is 11.7. The lowest BCUT2D eigenvalue weighted by Crippen LogP contribution is -2.30. The summed E-state index contributed by atoms with van der Waals surface area (Å²) in [6.45, 7) is -0.584. The molecule has 0 saturated carbocycles. The van der Waals surface area contributed by atoms with Crippen molar-refractivity contribution in [3.05, 3.63) is 84.8 Å². The highest BCUT2D eigenvalue weighted by Gasteiger charge is 2.16. The average molecular weight is 575 g/mol. The molecule has 0 bridgehead atoms. The standard InChI is InChI=1S/2C14H13N3O4/c1-21-12(19)8-17-14(20)13-11(18)5-10(7-16-13)9-3-2-4-15-6-9;1-21-12(19)8-17-14(20)13-11(18)6-9(7-16-13)10-4-2-3-5-15-10/h2*2-7,18H,8H2,1H3,(H,17,20). The first-order valence-electron chi connectivity index (χ1n) is 12.1. The maximum absolute atomic E-state index is 11.8. The predicted octanol–water partition coefficient (Wildman–Crippen LogP) is 1.50. The van der Waals surface area contributed by atoms with Crippen LogP contribution < -0.4 is 10.6 Å². The van der Waals surface area contributed by atoms with Gasteiger partial charge in [0.2, 0.25) is 0 Å². The number of ether oxygens (including phenoxy) is 2.